The zero-order valence-electron chi connectivity index (χ0n) is 15.7. The zero-order valence-corrected chi connectivity index (χ0v) is 15.7. The van der Waals surface area contributed by atoms with Crippen molar-refractivity contribution in [3.63, 3.8) is 0 Å². The summed E-state index contributed by atoms with van der Waals surface area (Å²) in [6, 6.07) is 22.9. The van der Waals surface area contributed by atoms with E-state index in [0.29, 0.717) is 22.6 Å². The first-order chi connectivity index (χ1) is 13.6. The maximum Gasteiger partial charge on any atom is 0.199 e. The van der Waals surface area contributed by atoms with E-state index in [1.807, 2.05) is 24.3 Å². The van der Waals surface area contributed by atoms with Gasteiger partial charge in [0, 0.05) is 5.56 Å². The molecule has 1 N–H and O–H groups in total. The maximum absolute atomic E-state index is 12.4. The second kappa shape index (κ2) is 10.6. The molecule has 0 fully saturated rings. The van der Waals surface area contributed by atoms with E-state index in [9.17, 15) is 14.7 Å². The fourth-order valence-electron chi connectivity index (χ4n) is 2.55. The van der Waals surface area contributed by atoms with Crippen molar-refractivity contribution in [2.45, 2.75) is 6.10 Å². The Morgan fingerprint density at radius 2 is 1.46 bits per heavy atom. The van der Waals surface area contributed by atoms with E-state index in [4.69, 9.17) is 9.47 Å². The zero-order chi connectivity index (χ0) is 20.4. The number of para-hydroxylation sites is 1. The predicted octanol–water partition coefficient (Wildman–Crippen LogP) is 4.12. The second-order valence-electron chi connectivity index (χ2n) is 5.75. The Hall–Kier alpha value is -3.44. The summed E-state index contributed by atoms with van der Waals surface area (Å²) in [6.07, 6.45) is -0.391. The van der Waals surface area contributed by atoms with Gasteiger partial charge in [0.15, 0.2) is 17.3 Å². The number of aliphatic hydroxyl groups is 1. The van der Waals surface area contributed by atoms with Crippen molar-refractivity contribution < 1.29 is 24.2 Å². The van der Waals surface area contributed by atoms with Gasteiger partial charge >= 0.3 is 0 Å². The number of ether oxygens (including phenoxy) is 2. The van der Waals surface area contributed by atoms with Crippen LogP contribution < -0.4 is 9.47 Å². The number of aldehydes is 1. The molecule has 0 spiro atoms. The van der Waals surface area contributed by atoms with Crippen molar-refractivity contribution in [3.8, 4) is 11.5 Å². The molecule has 3 aromatic carbocycles. The van der Waals surface area contributed by atoms with Crippen LogP contribution in [0.1, 0.15) is 32.4 Å². The molecule has 28 heavy (non-hydrogen) atoms. The quantitative estimate of drug-likeness (QED) is 0.516. The minimum Gasteiger partial charge on any atom is -0.493 e. The number of carbonyl (C=O) groups excluding carboxylic acids is 2. The van der Waals surface area contributed by atoms with Crippen LogP contribution in [0.3, 0.4) is 0 Å². The number of rotatable bonds is 6. The van der Waals surface area contributed by atoms with Crippen molar-refractivity contribution in [1.82, 2.24) is 0 Å². The number of methoxy groups -OCH3 is 2. The summed E-state index contributed by atoms with van der Waals surface area (Å²) in [7, 11) is 2.96. The third-order valence-corrected chi connectivity index (χ3v) is 3.97. The molecule has 1 unspecified atom stereocenters. The van der Waals surface area contributed by atoms with E-state index in [-0.39, 0.29) is 0 Å². The van der Waals surface area contributed by atoms with Crippen LogP contribution in [0.2, 0.25) is 0 Å². The number of hydrogen-bond donors (Lipinski definition) is 1. The molecule has 0 saturated carbocycles. The average Bonchev–Trinajstić information content (AvgIpc) is 2.78. The molecule has 144 valence electrons. The molecule has 0 amide bonds. The van der Waals surface area contributed by atoms with Crippen LogP contribution in [0.15, 0.2) is 78.9 Å². The van der Waals surface area contributed by atoms with Crippen molar-refractivity contribution in [2.24, 2.45) is 0 Å². The Morgan fingerprint density at radius 3 is 1.96 bits per heavy atom. The molecule has 0 radical (unpaired) electrons. The van der Waals surface area contributed by atoms with Gasteiger partial charge in [-0.1, -0.05) is 66.7 Å². The van der Waals surface area contributed by atoms with Crippen LogP contribution in [0.4, 0.5) is 0 Å². The molecule has 0 heterocycles. The molecule has 0 bridgehead atoms. The fourth-order valence-corrected chi connectivity index (χ4v) is 2.55. The minimum atomic E-state index is -1.22. The summed E-state index contributed by atoms with van der Waals surface area (Å²) in [4.78, 5) is 22.4. The average molecular weight is 378 g/mol. The van der Waals surface area contributed by atoms with Crippen LogP contribution in [0.25, 0.3) is 0 Å². The number of aliphatic hydroxyl groups excluding tert-OH is 1. The van der Waals surface area contributed by atoms with Crippen molar-refractivity contribution >= 4 is 12.1 Å². The van der Waals surface area contributed by atoms with Crippen LogP contribution in [-0.2, 0) is 0 Å². The summed E-state index contributed by atoms with van der Waals surface area (Å²) in [6.45, 7) is 0. The minimum absolute atomic E-state index is 0.295. The Bertz CT molecular complexity index is 891. The normalized spacial score (nSPS) is 10.8. The van der Waals surface area contributed by atoms with Crippen LogP contribution in [0.5, 0.6) is 11.5 Å². The summed E-state index contributed by atoms with van der Waals surface area (Å²) < 4.78 is 10.4. The monoisotopic (exact) mass is 378 g/mol. The van der Waals surface area contributed by atoms with Crippen molar-refractivity contribution in [2.75, 3.05) is 14.2 Å². The second-order valence-corrected chi connectivity index (χ2v) is 5.75. The van der Waals surface area contributed by atoms with Gasteiger partial charge in [0.1, 0.15) is 12.4 Å². The van der Waals surface area contributed by atoms with Crippen LogP contribution >= 0.6 is 0 Å². The third kappa shape index (κ3) is 5.28. The van der Waals surface area contributed by atoms with Gasteiger partial charge < -0.3 is 14.6 Å². The Balaban J connectivity index is 0.000000292. The maximum atomic E-state index is 12.4. The van der Waals surface area contributed by atoms with E-state index in [2.05, 4.69) is 0 Å². The number of benzene rings is 3. The molecule has 0 saturated heterocycles. The number of carbonyl (C=O) groups is 2. The van der Waals surface area contributed by atoms with Gasteiger partial charge in [-0.15, -0.1) is 0 Å². The molecule has 0 aliphatic heterocycles. The molecule has 0 aliphatic rings. The molecule has 3 aromatic rings. The van der Waals surface area contributed by atoms with E-state index in [1.54, 1.807) is 54.6 Å². The first-order valence-corrected chi connectivity index (χ1v) is 8.60. The van der Waals surface area contributed by atoms with E-state index in [0.717, 1.165) is 11.8 Å². The summed E-state index contributed by atoms with van der Waals surface area (Å²) in [5.74, 6) is 0.362. The lowest BCUT2D eigenvalue weighted by Gasteiger charge is -2.14. The lowest BCUT2D eigenvalue weighted by Crippen LogP contribution is -2.13. The molecule has 0 aromatic heterocycles. The lowest BCUT2D eigenvalue weighted by molar-refractivity contribution is 0.0743. The number of hydrogen-bond acceptors (Lipinski definition) is 5. The first-order valence-electron chi connectivity index (χ1n) is 8.60. The molecule has 5 nitrogen and oxygen atoms in total. The third-order valence-electron chi connectivity index (χ3n) is 3.97. The Morgan fingerprint density at radius 1 is 0.857 bits per heavy atom. The van der Waals surface area contributed by atoms with Gasteiger partial charge in [0.25, 0.3) is 0 Å². The lowest BCUT2D eigenvalue weighted by atomic mass is 9.99. The molecular formula is C23H22O5. The number of Topliss-reactive ketones (excluding diaryl/α,β-unsaturated/α-hetero) is 1. The molecule has 3 rings (SSSR count). The highest BCUT2D eigenvalue weighted by Crippen LogP contribution is 2.33. The number of ketones is 1. The van der Waals surface area contributed by atoms with E-state index >= 15 is 0 Å². The molecular weight excluding hydrogens is 356 g/mol. The predicted molar refractivity (Wildman–Crippen MR) is 107 cm³/mol. The molecule has 5 heteroatoms. The Labute approximate surface area is 164 Å². The van der Waals surface area contributed by atoms with Gasteiger partial charge in [-0.05, 0) is 17.7 Å². The topological polar surface area (TPSA) is 72.8 Å². The summed E-state index contributed by atoms with van der Waals surface area (Å²) >= 11 is 0. The standard InChI is InChI=1S/C16H16O4.C7H6O/c1-19-13-10-6-9-12(16(13)20-2)15(18)14(17)11-7-4-3-5-8-11;8-6-7-4-2-1-3-5-7/h3-10,14,17H,1-2H3;1-6H. The van der Waals surface area contributed by atoms with Gasteiger partial charge in [0.2, 0.25) is 0 Å². The van der Waals surface area contributed by atoms with Gasteiger partial charge in [-0.3, -0.25) is 9.59 Å². The van der Waals surface area contributed by atoms with E-state index < -0.39 is 11.9 Å². The molecule has 1 atom stereocenters. The summed E-state index contributed by atoms with van der Waals surface area (Å²) in [5, 5.41) is 10.2. The van der Waals surface area contributed by atoms with E-state index in [1.165, 1.54) is 14.2 Å². The van der Waals surface area contributed by atoms with Gasteiger partial charge in [-0.2, -0.15) is 0 Å². The highest BCUT2D eigenvalue weighted by Gasteiger charge is 2.24. The highest BCUT2D eigenvalue weighted by molar-refractivity contribution is 6.02. The largest absolute Gasteiger partial charge is 0.493 e. The van der Waals surface area contributed by atoms with Crippen LogP contribution in [-0.4, -0.2) is 31.4 Å². The smallest absolute Gasteiger partial charge is 0.199 e. The van der Waals surface area contributed by atoms with Gasteiger partial charge in [0.05, 0.1) is 19.8 Å². The summed E-state index contributed by atoms with van der Waals surface area (Å²) in [5.41, 5.74) is 1.57. The van der Waals surface area contributed by atoms with Gasteiger partial charge in [-0.25, -0.2) is 0 Å². The first kappa shape index (κ1) is 20.9. The fraction of sp³-hybridized carbons (Fsp3) is 0.130. The van der Waals surface area contributed by atoms with Crippen molar-refractivity contribution in [3.05, 3.63) is 95.6 Å². The Kier molecular flexibility index (Phi) is 7.93. The highest BCUT2D eigenvalue weighted by atomic mass is 16.5. The van der Waals surface area contributed by atoms with Crippen molar-refractivity contribution in [1.29, 1.82) is 0 Å². The SMILES string of the molecule is COc1cccc(C(=O)C(O)c2ccccc2)c1OC.O=Cc1ccccc1. The molecule has 0 aliphatic carbocycles. The van der Waals surface area contributed by atoms with Crippen LogP contribution in [0, 0.1) is 0 Å².